The van der Waals surface area contributed by atoms with Crippen molar-refractivity contribution in [3.63, 3.8) is 0 Å². The molecule has 0 fully saturated rings. The molecule has 0 saturated heterocycles. The van der Waals surface area contributed by atoms with Crippen LogP contribution in [-0.2, 0) is 4.79 Å². The Morgan fingerprint density at radius 1 is 1.25 bits per heavy atom. The Hall–Kier alpha value is -1.44. The van der Waals surface area contributed by atoms with Crippen molar-refractivity contribution in [2.45, 2.75) is 32.6 Å². The third kappa shape index (κ3) is 2.21. The number of hydrogen-bond donors (Lipinski definition) is 0. The van der Waals surface area contributed by atoms with E-state index in [4.69, 9.17) is 0 Å². The van der Waals surface area contributed by atoms with E-state index in [2.05, 4.69) is 0 Å². The first-order valence-electron chi connectivity index (χ1n) is 5.65. The molecule has 0 aromatic carbocycles. The normalized spacial score (nSPS) is 21.8. The SMILES string of the molecule is CC1=C(C2=CCCCC2=O)C=CC(F)=CC1. The van der Waals surface area contributed by atoms with Gasteiger partial charge in [0.2, 0.25) is 0 Å². The predicted molar refractivity (Wildman–Crippen MR) is 62.6 cm³/mol. The minimum atomic E-state index is -0.224. The summed E-state index contributed by atoms with van der Waals surface area (Å²) in [5.41, 5.74) is 2.75. The van der Waals surface area contributed by atoms with E-state index in [1.165, 1.54) is 6.08 Å². The van der Waals surface area contributed by atoms with E-state index in [0.29, 0.717) is 12.8 Å². The number of Topliss-reactive ketones (excluding diaryl/α,β-unsaturated/α-hetero) is 1. The molecule has 0 spiro atoms. The average molecular weight is 218 g/mol. The van der Waals surface area contributed by atoms with Crippen LogP contribution in [0.3, 0.4) is 0 Å². The van der Waals surface area contributed by atoms with Crippen LogP contribution in [0.5, 0.6) is 0 Å². The number of rotatable bonds is 1. The largest absolute Gasteiger partial charge is 0.294 e. The van der Waals surface area contributed by atoms with Gasteiger partial charge in [0, 0.05) is 12.0 Å². The fourth-order valence-electron chi connectivity index (χ4n) is 2.07. The summed E-state index contributed by atoms with van der Waals surface area (Å²) in [6.45, 7) is 1.96. The topological polar surface area (TPSA) is 17.1 Å². The molecular weight excluding hydrogens is 203 g/mol. The van der Waals surface area contributed by atoms with Crippen molar-refractivity contribution in [1.82, 2.24) is 0 Å². The number of hydrogen-bond acceptors (Lipinski definition) is 1. The van der Waals surface area contributed by atoms with Gasteiger partial charge in [0.15, 0.2) is 5.78 Å². The van der Waals surface area contributed by atoms with Crippen LogP contribution in [0.4, 0.5) is 4.39 Å². The minimum Gasteiger partial charge on any atom is -0.294 e. The molecule has 2 heteroatoms. The molecule has 0 N–H and O–H groups in total. The molecule has 0 radical (unpaired) electrons. The molecule has 1 nitrogen and oxygen atoms in total. The summed E-state index contributed by atoms with van der Waals surface area (Å²) in [5, 5.41) is 0. The number of ketones is 1. The van der Waals surface area contributed by atoms with E-state index in [1.807, 2.05) is 13.0 Å². The van der Waals surface area contributed by atoms with Gasteiger partial charge in [-0.2, -0.15) is 0 Å². The molecule has 0 saturated carbocycles. The van der Waals surface area contributed by atoms with Gasteiger partial charge in [0.1, 0.15) is 5.83 Å². The van der Waals surface area contributed by atoms with E-state index < -0.39 is 0 Å². The highest BCUT2D eigenvalue weighted by atomic mass is 19.1. The standard InChI is InChI=1S/C14H15FO/c1-10-6-7-11(15)8-9-12(10)13-4-2-3-5-14(13)16/h4,7-9H,2-3,5-6H2,1H3. The molecule has 2 aliphatic rings. The van der Waals surface area contributed by atoms with Gasteiger partial charge in [-0.3, -0.25) is 4.79 Å². The second-order valence-electron chi connectivity index (χ2n) is 4.25. The first-order valence-corrected chi connectivity index (χ1v) is 5.65. The summed E-state index contributed by atoms with van der Waals surface area (Å²) in [4.78, 5) is 11.8. The van der Waals surface area contributed by atoms with Crippen LogP contribution in [0, 0.1) is 0 Å². The quantitative estimate of drug-likeness (QED) is 0.654. The molecule has 84 valence electrons. The maximum atomic E-state index is 13.1. The third-order valence-corrected chi connectivity index (χ3v) is 3.02. The van der Waals surface area contributed by atoms with E-state index in [9.17, 15) is 9.18 Å². The second-order valence-corrected chi connectivity index (χ2v) is 4.25. The molecule has 0 aromatic heterocycles. The van der Waals surface area contributed by atoms with Crippen LogP contribution < -0.4 is 0 Å². The van der Waals surface area contributed by atoms with Crippen molar-refractivity contribution in [3.05, 3.63) is 46.9 Å². The van der Waals surface area contributed by atoms with Crippen LogP contribution >= 0.6 is 0 Å². The summed E-state index contributed by atoms with van der Waals surface area (Å²) < 4.78 is 13.1. The van der Waals surface area contributed by atoms with Gasteiger partial charge in [-0.1, -0.05) is 17.7 Å². The smallest absolute Gasteiger partial charge is 0.163 e. The van der Waals surface area contributed by atoms with Crippen molar-refractivity contribution in [1.29, 1.82) is 0 Å². The van der Waals surface area contributed by atoms with Gasteiger partial charge in [0.25, 0.3) is 0 Å². The van der Waals surface area contributed by atoms with E-state index >= 15 is 0 Å². The van der Waals surface area contributed by atoms with Gasteiger partial charge in [-0.05, 0) is 43.9 Å². The van der Waals surface area contributed by atoms with E-state index in [1.54, 1.807) is 12.2 Å². The van der Waals surface area contributed by atoms with Crippen LogP contribution in [0.1, 0.15) is 32.6 Å². The highest BCUT2D eigenvalue weighted by Gasteiger charge is 2.18. The van der Waals surface area contributed by atoms with Crippen molar-refractivity contribution in [2.75, 3.05) is 0 Å². The zero-order valence-electron chi connectivity index (χ0n) is 9.42. The zero-order valence-corrected chi connectivity index (χ0v) is 9.42. The van der Waals surface area contributed by atoms with Gasteiger partial charge in [-0.15, -0.1) is 0 Å². The number of allylic oxidation sites excluding steroid dienone is 8. The van der Waals surface area contributed by atoms with E-state index in [0.717, 1.165) is 29.6 Å². The van der Waals surface area contributed by atoms with Gasteiger partial charge in [-0.25, -0.2) is 4.39 Å². The van der Waals surface area contributed by atoms with Crippen LogP contribution in [0.15, 0.2) is 46.9 Å². The molecule has 0 aliphatic heterocycles. The van der Waals surface area contributed by atoms with Gasteiger partial charge >= 0.3 is 0 Å². The van der Waals surface area contributed by atoms with Crippen molar-refractivity contribution in [3.8, 4) is 0 Å². The molecule has 0 heterocycles. The molecule has 0 bridgehead atoms. The van der Waals surface area contributed by atoms with Crippen molar-refractivity contribution >= 4 is 5.78 Å². The monoisotopic (exact) mass is 218 g/mol. The summed E-state index contributed by atoms with van der Waals surface area (Å²) in [7, 11) is 0. The molecule has 0 amide bonds. The first-order chi connectivity index (χ1) is 7.68. The van der Waals surface area contributed by atoms with Crippen LogP contribution in [0.2, 0.25) is 0 Å². The number of carbonyl (C=O) groups excluding carboxylic acids is 1. The Balaban J connectivity index is 2.36. The summed E-state index contributed by atoms with van der Waals surface area (Å²) >= 11 is 0. The summed E-state index contributed by atoms with van der Waals surface area (Å²) in [6.07, 6.45) is 9.78. The lowest BCUT2D eigenvalue weighted by atomic mass is 9.89. The lowest BCUT2D eigenvalue weighted by Crippen LogP contribution is -2.09. The van der Waals surface area contributed by atoms with Gasteiger partial charge < -0.3 is 0 Å². The molecule has 0 aromatic rings. The average Bonchev–Trinajstić information content (AvgIpc) is 2.43. The Morgan fingerprint density at radius 2 is 2.06 bits per heavy atom. The lowest BCUT2D eigenvalue weighted by molar-refractivity contribution is -0.115. The molecule has 2 rings (SSSR count). The number of halogens is 1. The highest BCUT2D eigenvalue weighted by molar-refractivity contribution is 6.01. The summed E-state index contributed by atoms with van der Waals surface area (Å²) in [6, 6.07) is 0. The Labute approximate surface area is 95.0 Å². The highest BCUT2D eigenvalue weighted by Crippen LogP contribution is 2.28. The second kappa shape index (κ2) is 4.60. The molecule has 16 heavy (non-hydrogen) atoms. The fraction of sp³-hybridized carbons (Fsp3) is 0.357. The third-order valence-electron chi connectivity index (χ3n) is 3.02. The molecule has 0 unspecified atom stereocenters. The lowest BCUT2D eigenvalue weighted by Gasteiger charge is -2.14. The maximum absolute atomic E-state index is 13.1. The Bertz CT molecular complexity index is 436. The fourth-order valence-corrected chi connectivity index (χ4v) is 2.07. The summed E-state index contributed by atoms with van der Waals surface area (Å²) in [5.74, 6) is -0.0363. The molecule has 0 atom stereocenters. The van der Waals surface area contributed by atoms with Crippen molar-refractivity contribution < 1.29 is 9.18 Å². The Morgan fingerprint density at radius 3 is 2.81 bits per heavy atom. The zero-order chi connectivity index (χ0) is 11.5. The van der Waals surface area contributed by atoms with Crippen molar-refractivity contribution in [2.24, 2.45) is 0 Å². The van der Waals surface area contributed by atoms with Crippen LogP contribution in [0.25, 0.3) is 0 Å². The van der Waals surface area contributed by atoms with Gasteiger partial charge in [0.05, 0.1) is 0 Å². The number of carbonyl (C=O) groups is 1. The predicted octanol–water partition coefficient (Wildman–Crippen LogP) is 3.80. The Kier molecular flexibility index (Phi) is 3.18. The minimum absolute atomic E-state index is 0.188. The van der Waals surface area contributed by atoms with Crippen LogP contribution in [-0.4, -0.2) is 5.78 Å². The maximum Gasteiger partial charge on any atom is 0.163 e. The first kappa shape index (κ1) is 11.1. The molecule has 2 aliphatic carbocycles. The van der Waals surface area contributed by atoms with E-state index in [-0.39, 0.29) is 11.6 Å². The molecular formula is C14H15FO.